The van der Waals surface area contributed by atoms with Gasteiger partial charge in [0.05, 0.1) is 25.3 Å². The highest BCUT2D eigenvalue weighted by Gasteiger charge is 2.01. The predicted molar refractivity (Wildman–Crippen MR) is 60.1 cm³/mol. The van der Waals surface area contributed by atoms with E-state index in [0.29, 0.717) is 13.0 Å². The molecule has 1 rings (SSSR count). The molecule has 0 saturated heterocycles. The van der Waals surface area contributed by atoms with Gasteiger partial charge >= 0.3 is 0 Å². The number of hydrogen-bond acceptors (Lipinski definition) is 2. The van der Waals surface area contributed by atoms with Gasteiger partial charge in [-0.15, -0.1) is 0 Å². The summed E-state index contributed by atoms with van der Waals surface area (Å²) >= 11 is 5.87. The third-order valence-electron chi connectivity index (χ3n) is 1.92. The fourth-order valence-corrected chi connectivity index (χ4v) is 1.35. The summed E-state index contributed by atoms with van der Waals surface area (Å²) < 4.78 is 1.45. The Morgan fingerprint density at radius 1 is 1.40 bits per heavy atom. The van der Waals surface area contributed by atoms with Crippen molar-refractivity contribution in [2.75, 3.05) is 17.6 Å². The fourth-order valence-electron chi connectivity index (χ4n) is 1.16. The van der Waals surface area contributed by atoms with Crippen LogP contribution in [0.15, 0.2) is 24.3 Å². The number of aliphatic hydroxyl groups excluding tert-OH is 1. The summed E-state index contributed by atoms with van der Waals surface area (Å²) in [7, 11) is 0. The Bertz CT molecular complexity index is 346. The molecule has 5 heteroatoms. The number of nitrogens with zero attached hydrogens (tertiary/aromatic N) is 3. The summed E-state index contributed by atoms with van der Waals surface area (Å²) in [6.07, 6.45) is 2.00. The lowest BCUT2D eigenvalue weighted by molar-refractivity contribution is 0.00157. The van der Waals surface area contributed by atoms with Gasteiger partial charge < -0.3 is 10.6 Å². The first-order valence-corrected chi connectivity index (χ1v) is 4.90. The topological polar surface area (TPSA) is 59.9 Å². The highest BCUT2D eigenvalue weighted by Crippen LogP contribution is 2.16. The zero-order chi connectivity index (χ0) is 11.1. The van der Waals surface area contributed by atoms with Crippen LogP contribution in [0.2, 0.25) is 0 Å². The van der Waals surface area contributed by atoms with E-state index in [9.17, 15) is 0 Å². The molecular formula is C10H12ClN3O. The average molecular weight is 226 g/mol. The van der Waals surface area contributed by atoms with Crippen LogP contribution in [0.4, 0.5) is 5.69 Å². The molecule has 0 aliphatic heterocycles. The number of anilines is 1. The van der Waals surface area contributed by atoms with Gasteiger partial charge in [-0.3, -0.25) is 4.42 Å². The van der Waals surface area contributed by atoms with Crippen molar-refractivity contribution in [2.45, 2.75) is 6.42 Å². The number of hydrogen-bond donors (Lipinski definition) is 1. The second-order valence-corrected chi connectivity index (χ2v) is 3.39. The summed E-state index contributed by atoms with van der Waals surface area (Å²) in [4.78, 5) is 2.92. The van der Waals surface area contributed by atoms with Crippen molar-refractivity contribution < 1.29 is 9.90 Å². The highest BCUT2D eigenvalue weighted by atomic mass is 35.5. The molecule has 0 aromatic heterocycles. The molecule has 0 amide bonds. The van der Waals surface area contributed by atoms with Gasteiger partial charge in [0.2, 0.25) is 0 Å². The molecule has 1 N–H and O–H groups in total. The molecule has 1 aromatic rings. The molecule has 0 aliphatic rings. The maximum atomic E-state index is 8.70. The minimum absolute atomic E-state index is 0.0163. The first-order chi connectivity index (χ1) is 7.27. The van der Waals surface area contributed by atoms with Crippen LogP contribution >= 0.6 is 11.8 Å². The van der Waals surface area contributed by atoms with Gasteiger partial charge in [-0.2, -0.15) is 4.79 Å². The molecule has 0 aliphatic carbocycles. The first-order valence-electron chi connectivity index (χ1n) is 4.57. The highest BCUT2D eigenvalue weighted by molar-refractivity contribution is 6.25. The van der Waals surface area contributed by atoms with Gasteiger partial charge in [-0.25, -0.2) is 0 Å². The van der Waals surface area contributed by atoms with Crippen molar-refractivity contribution in [2.24, 2.45) is 0 Å². The zero-order valence-corrected chi connectivity index (χ0v) is 8.93. The zero-order valence-electron chi connectivity index (χ0n) is 8.17. The van der Waals surface area contributed by atoms with Crippen LogP contribution < -0.4 is 4.42 Å². The molecule has 15 heavy (non-hydrogen) atoms. The van der Waals surface area contributed by atoms with Gasteiger partial charge in [-0.1, -0.05) is 12.1 Å². The van der Waals surface area contributed by atoms with E-state index in [4.69, 9.17) is 22.4 Å². The fraction of sp³-hybridized carbons (Fsp3) is 0.300. The van der Waals surface area contributed by atoms with Crippen LogP contribution in [-0.2, 0) is 6.42 Å². The monoisotopic (exact) mass is 225 g/mol. The van der Waals surface area contributed by atoms with E-state index in [1.807, 2.05) is 24.3 Å². The molecule has 80 valence electrons. The average Bonchev–Trinajstić information content (AvgIpc) is 2.27. The normalized spacial score (nSPS) is 9.47. The number of halogens is 1. The molecule has 0 unspecified atom stereocenters. The maximum absolute atomic E-state index is 8.70. The molecule has 0 atom stereocenters. The van der Waals surface area contributed by atoms with E-state index in [1.54, 1.807) is 0 Å². The summed E-state index contributed by atoms with van der Waals surface area (Å²) in [6, 6.07) is 7.49. The summed E-state index contributed by atoms with van der Waals surface area (Å²) in [6.45, 7) is 0.404. The molecule has 0 heterocycles. The van der Waals surface area contributed by atoms with Crippen LogP contribution in [-0.4, -0.2) is 29.3 Å². The van der Waals surface area contributed by atoms with E-state index in [2.05, 4.69) is 4.79 Å². The van der Waals surface area contributed by atoms with Crippen LogP contribution in [0.25, 0.3) is 5.53 Å². The van der Waals surface area contributed by atoms with Crippen molar-refractivity contribution in [1.29, 1.82) is 0 Å². The Morgan fingerprint density at radius 2 is 2.07 bits per heavy atom. The minimum Gasteiger partial charge on any atom is -0.394 e. The number of benzene rings is 1. The smallest absolute Gasteiger partial charge is 0.261 e. The van der Waals surface area contributed by atoms with E-state index < -0.39 is 0 Å². The molecule has 4 nitrogen and oxygen atoms in total. The van der Waals surface area contributed by atoms with Gasteiger partial charge in [0.25, 0.3) is 6.21 Å². The Labute approximate surface area is 93.4 Å². The van der Waals surface area contributed by atoms with Crippen molar-refractivity contribution >= 4 is 23.7 Å². The minimum atomic E-state index is 0.0163. The van der Waals surface area contributed by atoms with Crippen molar-refractivity contribution in [3.8, 4) is 0 Å². The van der Waals surface area contributed by atoms with Gasteiger partial charge in [0.1, 0.15) is 0 Å². The molecule has 0 fully saturated rings. The molecule has 0 radical (unpaired) electrons. The summed E-state index contributed by atoms with van der Waals surface area (Å²) in [5, 5.41) is 8.70. The lowest BCUT2D eigenvalue weighted by Crippen LogP contribution is -2.14. The van der Waals surface area contributed by atoms with E-state index >= 15 is 0 Å². The second-order valence-electron chi connectivity index (χ2n) is 2.98. The third kappa shape index (κ3) is 3.72. The summed E-state index contributed by atoms with van der Waals surface area (Å²) in [5.74, 6) is 0. The van der Waals surface area contributed by atoms with E-state index in [1.165, 1.54) is 10.6 Å². The first kappa shape index (κ1) is 11.7. The molecule has 0 saturated carbocycles. The van der Waals surface area contributed by atoms with Crippen LogP contribution in [0.3, 0.4) is 0 Å². The standard InChI is InChI=1S/C10H12ClN3O/c11-14(7-8-15)10-3-1-9(2-4-10)5-6-13-12/h1-4,6,15H,5,7-8H2. The quantitative estimate of drug-likeness (QED) is 0.357. The van der Waals surface area contributed by atoms with Crippen LogP contribution in [0, 0.1) is 0 Å². The van der Waals surface area contributed by atoms with Crippen molar-refractivity contribution in [1.82, 2.24) is 0 Å². The van der Waals surface area contributed by atoms with Crippen LogP contribution in [0.5, 0.6) is 0 Å². The van der Waals surface area contributed by atoms with Gasteiger partial charge in [-0.05, 0) is 17.7 Å². The molecule has 0 bridgehead atoms. The predicted octanol–water partition coefficient (Wildman–Crippen LogP) is 1.48. The molecule has 0 spiro atoms. The lowest BCUT2D eigenvalue weighted by Gasteiger charge is -2.14. The van der Waals surface area contributed by atoms with E-state index in [-0.39, 0.29) is 6.61 Å². The molecule has 1 aromatic carbocycles. The Hall–Kier alpha value is -1.35. The van der Waals surface area contributed by atoms with E-state index in [0.717, 1.165) is 11.3 Å². The SMILES string of the molecule is [N-]=[N+]=CCc1ccc(N(Cl)CCO)cc1. The largest absolute Gasteiger partial charge is 0.394 e. The number of rotatable bonds is 5. The number of aliphatic hydroxyl groups is 1. The van der Waals surface area contributed by atoms with Crippen molar-refractivity contribution in [3.05, 3.63) is 35.4 Å². The Balaban J connectivity index is 2.66. The Kier molecular flexibility index (Phi) is 4.84. The van der Waals surface area contributed by atoms with Gasteiger partial charge in [0, 0.05) is 11.8 Å². The lowest BCUT2D eigenvalue weighted by atomic mass is 10.1. The summed E-state index contributed by atoms with van der Waals surface area (Å²) in [5.41, 5.74) is 10.1. The molecular weight excluding hydrogens is 214 g/mol. The van der Waals surface area contributed by atoms with Crippen LogP contribution in [0.1, 0.15) is 5.56 Å². The third-order valence-corrected chi connectivity index (χ3v) is 2.29. The van der Waals surface area contributed by atoms with Crippen molar-refractivity contribution in [3.63, 3.8) is 0 Å². The van der Waals surface area contributed by atoms with Gasteiger partial charge in [0.15, 0.2) is 0 Å². The maximum Gasteiger partial charge on any atom is 0.261 e. The second kappa shape index (κ2) is 6.19. The Morgan fingerprint density at radius 3 is 2.60 bits per heavy atom.